The van der Waals surface area contributed by atoms with Crippen molar-refractivity contribution in [1.29, 1.82) is 0 Å². The van der Waals surface area contributed by atoms with E-state index in [1.165, 1.54) is 5.39 Å². The van der Waals surface area contributed by atoms with Crippen molar-refractivity contribution in [2.75, 3.05) is 32.8 Å². The number of carbonyl (C=O) groups is 2. The minimum absolute atomic E-state index is 0.0988. The van der Waals surface area contributed by atoms with E-state index in [1.54, 1.807) is 17.0 Å². The van der Waals surface area contributed by atoms with E-state index in [9.17, 15) is 14.7 Å². The van der Waals surface area contributed by atoms with Crippen LogP contribution in [0.5, 0.6) is 11.5 Å². The van der Waals surface area contributed by atoms with Crippen LogP contribution in [0.25, 0.3) is 21.8 Å². The fourth-order valence-corrected chi connectivity index (χ4v) is 5.76. The van der Waals surface area contributed by atoms with E-state index in [4.69, 9.17) is 21.1 Å². The van der Waals surface area contributed by atoms with E-state index < -0.39 is 6.10 Å². The average molecular weight is 604 g/mol. The molecule has 3 aromatic carbocycles. The Labute approximate surface area is 254 Å². The van der Waals surface area contributed by atoms with Crippen LogP contribution >= 0.6 is 11.6 Å². The second-order valence-electron chi connectivity index (χ2n) is 10.9. The molecule has 4 N–H and O–H groups in total. The van der Waals surface area contributed by atoms with Gasteiger partial charge in [-0.3, -0.25) is 9.59 Å². The smallest absolute Gasteiger partial charge is 0.260 e. The molecule has 0 saturated carbocycles. The Bertz CT molecular complexity index is 1660. The number of nitrogens with one attached hydrogen (secondary N) is 3. The minimum atomic E-state index is -0.661. The molecule has 0 aliphatic carbocycles. The molecular weight excluding hydrogens is 570 g/mol. The molecule has 1 aromatic heterocycles. The number of aromatic nitrogens is 1. The van der Waals surface area contributed by atoms with Gasteiger partial charge in [0.05, 0.1) is 16.3 Å². The summed E-state index contributed by atoms with van der Waals surface area (Å²) in [6, 6.07) is 19.6. The lowest BCUT2D eigenvalue weighted by Gasteiger charge is -2.33. The van der Waals surface area contributed by atoms with E-state index in [0.29, 0.717) is 49.0 Å². The zero-order chi connectivity index (χ0) is 29.8. The Balaban J connectivity index is 0.904. The van der Waals surface area contributed by atoms with Crippen LogP contribution in [-0.2, 0) is 9.59 Å². The number of aliphatic hydroxyl groups is 1. The maximum Gasteiger partial charge on any atom is 0.260 e. The van der Waals surface area contributed by atoms with Gasteiger partial charge in [0.2, 0.25) is 5.91 Å². The van der Waals surface area contributed by atoms with Crippen LogP contribution in [0.1, 0.15) is 31.2 Å². The van der Waals surface area contributed by atoms with Gasteiger partial charge >= 0.3 is 0 Å². The molecule has 0 bridgehead atoms. The predicted molar refractivity (Wildman–Crippen MR) is 166 cm³/mol. The highest BCUT2D eigenvalue weighted by molar-refractivity contribution is 6.32. The monoisotopic (exact) mass is 603 g/mol. The van der Waals surface area contributed by atoms with Gasteiger partial charge in [-0.15, -0.1) is 0 Å². The first-order valence-corrected chi connectivity index (χ1v) is 14.9. The molecule has 1 fully saturated rings. The first-order valence-electron chi connectivity index (χ1n) is 14.5. The van der Waals surface area contributed by atoms with Gasteiger partial charge in [-0.2, -0.15) is 5.10 Å². The molecule has 2 aliphatic heterocycles. The van der Waals surface area contributed by atoms with Crippen molar-refractivity contribution in [1.82, 2.24) is 20.6 Å². The van der Waals surface area contributed by atoms with Crippen LogP contribution in [0, 0.1) is 0 Å². The normalized spacial score (nSPS) is 16.7. The number of hydrogen-bond donors (Lipinski definition) is 4. The van der Waals surface area contributed by atoms with Crippen LogP contribution in [0.3, 0.4) is 0 Å². The zero-order valence-corrected chi connectivity index (χ0v) is 24.4. The third-order valence-corrected chi connectivity index (χ3v) is 8.23. The summed E-state index contributed by atoms with van der Waals surface area (Å²) in [5.41, 5.74) is 6.12. The average Bonchev–Trinajstić information content (AvgIpc) is 3.40. The van der Waals surface area contributed by atoms with Crippen molar-refractivity contribution in [3.8, 4) is 11.5 Å². The van der Waals surface area contributed by atoms with Gasteiger partial charge in [0.1, 0.15) is 24.2 Å². The maximum absolute atomic E-state index is 12.8. The number of halogens is 1. The van der Waals surface area contributed by atoms with Gasteiger partial charge in [0, 0.05) is 60.9 Å². The number of H-pyrrole nitrogens is 1. The molecule has 3 heterocycles. The van der Waals surface area contributed by atoms with Crippen LogP contribution < -0.4 is 20.2 Å². The second kappa shape index (κ2) is 13.0. The van der Waals surface area contributed by atoms with Crippen molar-refractivity contribution >= 4 is 50.9 Å². The highest BCUT2D eigenvalue weighted by Gasteiger charge is 2.24. The number of aromatic amines is 1. The number of para-hydroxylation sites is 1. The van der Waals surface area contributed by atoms with E-state index >= 15 is 0 Å². The number of hydrogen-bond acceptors (Lipinski definition) is 7. The number of fused-ring (bicyclic) bond motifs is 3. The lowest BCUT2D eigenvalue weighted by Crippen LogP contribution is -2.48. The molecule has 0 unspecified atom stereocenters. The second-order valence-corrected chi connectivity index (χ2v) is 11.3. The lowest BCUT2D eigenvalue weighted by atomic mass is 10.0. The number of benzene rings is 3. The highest BCUT2D eigenvalue weighted by Crippen LogP contribution is 2.29. The molecule has 11 heteroatoms. The number of hydrazone groups is 1. The molecule has 1 saturated heterocycles. The number of rotatable bonds is 10. The predicted octanol–water partition coefficient (Wildman–Crippen LogP) is 3.99. The summed E-state index contributed by atoms with van der Waals surface area (Å²) in [5, 5.41) is 20.7. The third kappa shape index (κ3) is 6.93. The molecule has 224 valence electrons. The van der Waals surface area contributed by atoms with Crippen molar-refractivity contribution in [3.05, 3.63) is 71.2 Å². The van der Waals surface area contributed by atoms with Crippen molar-refractivity contribution in [2.45, 2.75) is 37.8 Å². The molecule has 0 radical (unpaired) electrons. The summed E-state index contributed by atoms with van der Waals surface area (Å²) in [5.74, 6) is 0.927. The third-order valence-electron chi connectivity index (χ3n) is 7.93. The fourth-order valence-electron chi connectivity index (χ4n) is 5.52. The van der Waals surface area contributed by atoms with Gasteiger partial charge in [-0.1, -0.05) is 29.8 Å². The summed E-state index contributed by atoms with van der Waals surface area (Å²) in [4.78, 5) is 29.3. The molecule has 6 rings (SSSR count). The summed E-state index contributed by atoms with van der Waals surface area (Å²) >= 11 is 6.39. The number of amides is 2. The number of likely N-dealkylation sites (tertiary alicyclic amines) is 1. The number of nitrogens with zero attached hydrogens (tertiary/aromatic N) is 2. The Hall–Kier alpha value is -4.12. The van der Waals surface area contributed by atoms with Gasteiger partial charge in [-0.05, 0) is 54.8 Å². The Morgan fingerprint density at radius 1 is 1.05 bits per heavy atom. The van der Waals surface area contributed by atoms with Gasteiger partial charge in [-0.25, -0.2) is 5.43 Å². The molecule has 4 aromatic rings. The molecule has 43 heavy (non-hydrogen) atoms. The van der Waals surface area contributed by atoms with Crippen LogP contribution in [0.2, 0.25) is 5.02 Å². The van der Waals surface area contributed by atoms with Crippen LogP contribution in [-0.4, -0.2) is 77.5 Å². The van der Waals surface area contributed by atoms with Crippen molar-refractivity contribution in [2.24, 2.45) is 5.10 Å². The summed E-state index contributed by atoms with van der Waals surface area (Å²) in [7, 11) is 0. The Morgan fingerprint density at radius 3 is 2.65 bits per heavy atom. The van der Waals surface area contributed by atoms with E-state index in [2.05, 4.69) is 26.9 Å². The molecular formula is C32H34ClN5O5. The highest BCUT2D eigenvalue weighted by atomic mass is 35.5. The van der Waals surface area contributed by atoms with Crippen LogP contribution in [0.4, 0.5) is 0 Å². The standard InChI is InChI=1S/C32H34ClN5O5/c33-26-15-20(27-8-10-31(40)37-36-27)5-9-30(26)43-19-32(41)38-13-11-21(12-14-38)34-17-22(39)18-42-23-6-7-25-24-3-1-2-4-28(24)35-29(25)16-23/h1-7,9,15-16,21-22,34-35,39H,8,10-14,17-19H2,(H,37,40)/t22-/m0/s1. The van der Waals surface area contributed by atoms with Crippen LogP contribution in [0.15, 0.2) is 65.8 Å². The fraction of sp³-hybridized carbons (Fsp3) is 0.344. The topological polar surface area (TPSA) is 128 Å². The Kier molecular flexibility index (Phi) is 8.78. The minimum Gasteiger partial charge on any atom is -0.491 e. The van der Waals surface area contributed by atoms with E-state index in [0.717, 1.165) is 40.5 Å². The first-order chi connectivity index (χ1) is 20.9. The number of ether oxygens (including phenoxy) is 2. The SMILES string of the molecule is O=C1CCC(c2ccc(OCC(=O)N3CCC(NC[C@H](O)COc4ccc5c(c4)[nH]c4ccccc45)CC3)c(Cl)c2)=NN1. The van der Waals surface area contributed by atoms with E-state index in [1.807, 2.05) is 42.5 Å². The molecule has 2 aliphatic rings. The quantitative estimate of drug-likeness (QED) is 0.217. The molecule has 2 amide bonds. The van der Waals surface area contributed by atoms with Crippen molar-refractivity contribution in [3.63, 3.8) is 0 Å². The van der Waals surface area contributed by atoms with Gasteiger partial charge in [0.15, 0.2) is 6.61 Å². The zero-order valence-electron chi connectivity index (χ0n) is 23.6. The summed E-state index contributed by atoms with van der Waals surface area (Å²) in [6.45, 7) is 1.70. The Morgan fingerprint density at radius 2 is 1.86 bits per heavy atom. The van der Waals surface area contributed by atoms with Gasteiger partial charge in [0.25, 0.3) is 5.91 Å². The largest absolute Gasteiger partial charge is 0.491 e. The first kappa shape index (κ1) is 29.0. The summed E-state index contributed by atoms with van der Waals surface area (Å²) in [6.07, 6.45) is 1.83. The number of carbonyl (C=O) groups excluding carboxylic acids is 2. The number of aliphatic hydroxyl groups excluding tert-OH is 1. The molecule has 10 nitrogen and oxygen atoms in total. The van der Waals surface area contributed by atoms with Gasteiger partial charge < -0.3 is 29.8 Å². The molecule has 0 spiro atoms. The number of piperidine rings is 1. The molecule has 1 atom stereocenters. The summed E-state index contributed by atoms with van der Waals surface area (Å²) < 4.78 is 11.6. The lowest BCUT2D eigenvalue weighted by molar-refractivity contribution is -0.134. The van der Waals surface area contributed by atoms with E-state index in [-0.39, 0.29) is 31.1 Å². The maximum atomic E-state index is 12.8. The van der Waals surface area contributed by atoms with Crippen molar-refractivity contribution < 1.29 is 24.2 Å².